The highest BCUT2D eigenvalue weighted by molar-refractivity contribution is 4.84. The maximum atomic E-state index is 5.37. The Labute approximate surface area is 76.0 Å². The Morgan fingerprint density at radius 3 is 2.67 bits per heavy atom. The van der Waals surface area contributed by atoms with Crippen LogP contribution in [-0.2, 0) is 4.74 Å². The van der Waals surface area contributed by atoms with E-state index in [-0.39, 0.29) is 0 Å². The van der Waals surface area contributed by atoms with Crippen LogP contribution in [0.3, 0.4) is 0 Å². The van der Waals surface area contributed by atoms with E-state index in [0.29, 0.717) is 6.04 Å². The molecule has 0 aliphatic heterocycles. The second-order valence-electron chi connectivity index (χ2n) is 2.80. The van der Waals surface area contributed by atoms with Gasteiger partial charge in [-0.25, -0.2) is 0 Å². The first kappa shape index (κ1) is 11.7. The maximum absolute atomic E-state index is 5.37. The summed E-state index contributed by atoms with van der Waals surface area (Å²) >= 11 is 0. The van der Waals surface area contributed by atoms with Crippen molar-refractivity contribution < 1.29 is 4.74 Å². The zero-order chi connectivity index (χ0) is 9.23. The third-order valence-electron chi connectivity index (χ3n) is 1.67. The summed E-state index contributed by atoms with van der Waals surface area (Å²) in [6.07, 6.45) is 4.07. The van der Waals surface area contributed by atoms with Gasteiger partial charge in [0.25, 0.3) is 0 Å². The van der Waals surface area contributed by atoms with Crippen molar-refractivity contribution in [2.75, 3.05) is 19.8 Å². The minimum absolute atomic E-state index is 0.409. The second-order valence-corrected chi connectivity index (χ2v) is 2.80. The molecule has 0 heterocycles. The Hall–Kier alpha value is -0.340. The van der Waals surface area contributed by atoms with Crippen LogP contribution in [0.5, 0.6) is 0 Å². The third-order valence-corrected chi connectivity index (χ3v) is 1.67. The van der Waals surface area contributed by atoms with Crippen LogP contribution in [0.25, 0.3) is 0 Å². The average Bonchev–Trinajstić information content (AvgIpc) is 2.10. The van der Waals surface area contributed by atoms with E-state index in [1.54, 1.807) is 0 Å². The number of hydrogen-bond donors (Lipinski definition) is 1. The number of hydrogen-bond acceptors (Lipinski definition) is 2. The lowest BCUT2D eigenvalue weighted by atomic mass is 10.2. The van der Waals surface area contributed by atoms with Crippen LogP contribution < -0.4 is 5.32 Å². The summed E-state index contributed by atoms with van der Waals surface area (Å²) in [5.41, 5.74) is 0. The van der Waals surface area contributed by atoms with Crippen molar-refractivity contribution in [2.45, 2.75) is 32.7 Å². The first-order valence-corrected chi connectivity index (χ1v) is 4.78. The van der Waals surface area contributed by atoms with Gasteiger partial charge in [0.2, 0.25) is 0 Å². The Morgan fingerprint density at radius 1 is 1.42 bits per heavy atom. The molecule has 1 atom stereocenters. The molecule has 0 aromatic rings. The highest BCUT2D eigenvalue weighted by Gasteiger charge is 2.00. The molecule has 2 nitrogen and oxygen atoms in total. The summed E-state index contributed by atoms with van der Waals surface area (Å²) in [5, 5.41) is 3.31. The zero-order valence-electron chi connectivity index (χ0n) is 8.31. The molecule has 0 amide bonds. The Bertz CT molecular complexity index is 104. The predicted molar refractivity (Wildman–Crippen MR) is 53.4 cm³/mol. The molecule has 0 radical (unpaired) electrons. The van der Waals surface area contributed by atoms with Crippen molar-refractivity contribution >= 4 is 0 Å². The zero-order valence-corrected chi connectivity index (χ0v) is 8.31. The Kier molecular flexibility index (Phi) is 8.51. The van der Waals surface area contributed by atoms with Gasteiger partial charge >= 0.3 is 0 Å². The van der Waals surface area contributed by atoms with E-state index < -0.39 is 0 Å². The summed E-state index contributed by atoms with van der Waals surface area (Å²) in [6.45, 7) is 10.7. The molecule has 0 rings (SSSR count). The molecular formula is C10H21NO. The van der Waals surface area contributed by atoms with Crippen molar-refractivity contribution in [2.24, 2.45) is 0 Å². The SMILES string of the molecule is C=CC(CCOCCC)NCC. The van der Waals surface area contributed by atoms with Gasteiger partial charge in [0.05, 0.1) is 0 Å². The van der Waals surface area contributed by atoms with Crippen molar-refractivity contribution in [1.29, 1.82) is 0 Å². The fourth-order valence-corrected chi connectivity index (χ4v) is 1.02. The van der Waals surface area contributed by atoms with Gasteiger partial charge in [0.15, 0.2) is 0 Å². The second kappa shape index (κ2) is 8.75. The molecule has 0 aliphatic rings. The molecule has 0 saturated carbocycles. The monoisotopic (exact) mass is 171 g/mol. The van der Waals surface area contributed by atoms with Crippen molar-refractivity contribution in [3.8, 4) is 0 Å². The van der Waals surface area contributed by atoms with Crippen molar-refractivity contribution in [3.05, 3.63) is 12.7 Å². The van der Waals surface area contributed by atoms with Gasteiger partial charge in [0, 0.05) is 19.3 Å². The first-order valence-electron chi connectivity index (χ1n) is 4.78. The Balaban J connectivity index is 3.25. The van der Waals surface area contributed by atoms with Crippen LogP contribution >= 0.6 is 0 Å². The van der Waals surface area contributed by atoms with Gasteiger partial charge in [-0.1, -0.05) is 19.9 Å². The van der Waals surface area contributed by atoms with Gasteiger partial charge in [-0.15, -0.1) is 6.58 Å². The van der Waals surface area contributed by atoms with Crippen LogP contribution in [0.1, 0.15) is 26.7 Å². The molecule has 2 heteroatoms. The number of nitrogens with one attached hydrogen (secondary N) is 1. The normalized spacial score (nSPS) is 12.8. The lowest BCUT2D eigenvalue weighted by Crippen LogP contribution is -2.27. The summed E-state index contributed by atoms with van der Waals surface area (Å²) in [5.74, 6) is 0. The topological polar surface area (TPSA) is 21.3 Å². The largest absolute Gasteiger partial charge is 0.381 e. The van der Waals surface area contributed by atoms with E-state index in [9.17, 15) is 0 Å². The van der Waals surface area contributed by atoms with Gasteiger partial charge < -0.3 is 10.1 Å². The quantitative estimate of drug-likeness (QED) is 0.445. The molecule has 0 spiro atoms. The van der Waals surface area contributed by atoms with Crippen LogP contribution in [0, 0.1) is 0 Å². The first-order chi connectivity index (χ1) is 5.85. The molecule has 72 valence electrons. The molecule has 1 unspecified atom stereocenters. The van der Waals surface area contributed by atoms with Gasteiger partial charge in [0.1, 0.15) is 0 Å². The average molecular weight is 171 g/mol. The van der Waals surface area contributed by atoms with E-state index in [1.807, 2.05) is 6.08 Å². The van der Waals surface area contributed by atoms with Crippen LogP contribution in [-0.4, -0.2) is 25.8 Å². The predicted octanol–water partition coefficient (Wildman–Crippen LogP) is 1.97. The number of rotatable bonds is 8. The van der Waals surface area contributed by atoms with Gasteiger partial charge in [-0.05, 0) is 19.4 Å². The van der Waals surface area contributed by atoms with Crippen molar-refractivity contribution in [1.82, 2.24) is 5.32 Å². The minimum Gasteiger partial charge on any atom is -0.381 e. The number of likely N-dealkylation sites (N-methyl/N-ethyl adjacent to an activating group) is 1. The van der Waals surface area contributed by atoms with E-state index >= 15 is 0 Å². The number of ether oxygens (including phenoxy) is 1. The molecule has 0 aromatic heterocycles. The van der Waals surface area contributed by atoms with Gasteiger partial charge in [-0.2, -0.15) is 0 Å². The lowest BCUT2D eigenvalue weighted by Gasteiger charge is -2.12. The van der Waals surface area contributed by atoms with E-state index in [2.05, 4.69) is 25.7 Å². The smallest absolute Gasteiger partial charge is 0.0483 e. The third kappa shape index (κ3) is 6.38. The molecule has 0 aromatic carbocycles. The fraction of sp³-hybridized carbons (Fsp3) is 0.800. The molecule has 12 heavy (non-hydrogen) atoms. The van der Waals surface area contributed by atoms with E-state index in [4.69, 9.17) is 4.74 Å². The van der Waals surface area contributed by atoms with E-state index in [0.717, 1.165) is 32.6 Å². The van der Waals surface area contributed by atoms with Crippen molar-refractivity contribution in [3.63, 3.8) is 0 Å². The summed E-state index contributed by atoms with van der Waals surface area (Å²) in [6, 6.07) is 0.409. The van der Waals surface area contributed by atoms with Gasteiger partial charge in [-0.3, -0.25) is 0 Å². The van der Waals surface area contributed by atoms with E-state index in [1.165, 1.54) is 0 Å². The highest BCUT2D eigenvalue weighted by Crippen LogP contribution is 1.94. The minimum atomic E-state index is 0.409. The summed E-state index contributed by atoms with van der Waals surface area (Å²) in [4.78, 5) is 0. The summed E-state index contributed by atoms with van der Waals surface area (Å²) in [7, 11) is 0. The summed E-state index contributed by atoms with van der Waals surface area (Å²) < 4.78 is 5.37. The lowest BCUT2D eigenvalue weighted by molar-refractivity contribution is 0.128. The maximum Gasteiger partial charge on any atom is 0.0483 e. The molecule has 0 bridgehead atoms. The van der Waals surface area contributed by atoms with Crippen LogP contribution in [0.15, 0.2) is 12.7 Å². The van der Waals surface area contributed by atoms with Crippen LogP contribution in [0.4, 0.5) is 0 Å². The van der Waals surface area contributed by atoms with Crippen LogP contribution in [0.2, 0.25) is 0 Å². The molecule has 1 N–H and O–H groups in total. The molecule has 0 aliphatic carbocycles. The fourth-order valence-electron chi connectivity index (χ4n) is 1.02. The molecule has 0 fully saturated rings. The molecular weight excluding hydrogens is 150 g/mol. The molecule has 0 saturated heterocycles. The Morgan fingerprint density at radius 2 is 2.17 bits per heavy atom. The highest BCUT2D eigenvalue weighted by atomic mass is 16.5. The standard InChI is InChI=1S/C10H21NO/c1-4-8-12-9-7-10(5-2)11-6-3/h5,10-11H,2,4,6-9H2,1,3H3.